The van der Waals surface area contributed by atoms with Crippen LogP contribution in [0.4, 0.5) is 0 Å². The van der Waals surface area contributed by atoms with Crippen LogP contribution in [0.25, 0.3) is 0 Å². The van der Waals surface area contributed by atoms with E-state index in [-0.39, 0.29) is 24.5 Å². The SMILES string of the molecule is CCOC(=O)CN(C(=O)c1csc2c1CCCC2)C(C)C. The van der Waals surface area contributed by atoms with Crippen LogP contribution in [0.15, 0.2) is 5.38 Å². The normalized spacial score (nSPS) is 13.9. The van der Waals surface area contributed by atoms with E-state index in [1.54, 1.807) is 23.2 Å². The topological polar surface area (TPSA) is 46.6 Å². The number of amides is 1. The molecule has 1 aliphatic rings. The van der Waals surface area contributed by atoms with Gasteiger partial charge in [-0.1, -0.05) is 0 Å². The molecule has 1 aliphatic carbocycles. The zero-order valence-corrected chi connectivity index (χ0v) is 13.8. The fraction of sp³-hybridized carbons (Fsp3) is 0.625. The van der Waals surface area contributed by atoms with Crippen LogP contribution in [-0.4, -0.2) is 36.0 Å². The molecule has 0 saturated carbocycles. The van der Waals surface area contributed by atoms with E-state index in [1.807, 2.05) is 19.2 Å². The van der Waals surface area contributed by atoms with E-state index in [9.17, 15) is 9.59 Å². The Kier molecular flexibility index (Phi) is 5.39. The summed E-state index contributed by atoms with van der Waals surface area (Å²) in [6, 6.07) is -0.0268. The number of esters is 1. The van der Waals surface area contributed by atoms with Gasteiger partial charge in [-0.25, -0.2) is 0 Å². The van der Waals surface area contributed by atoms with Crippen molar-refractivity contribution in [3.05, 3.63) is 21.4 Å². The minimum atomic E-state index is -0.344. The third kappa shape index (κ3) is 3.64. The monoisotopic (exact) mass is 309 g/mol. The molecule has 1 heterocycles. The summed E-state index contributed by atoms with van der Waals surface area (Å²) in [4.78, 5) is 27.4. The van der Waals surface area contributed by atoms with Crippen molar-refractivity contribution in [1.29, 1.82) is 0 Å². The average Bonchev–Trinajstić information content (AvgIpc) is 2.88. The van der Waals surface area contributed by atoms with Crippen molar-refractivity contribution in [2.24, 2.45) is 0 Å². The summed E-state index contributed by atoms with van der Waals surface area (Å²) in [6.45, 7) is 5.99. The lowest BCUT2D eigenvalue weighted by molar-refractivity contribution is -0.144. The highest BCUT2D eigenvalue weighted by Gasteiger charge is 2.27. The second-order valence-electron chi connectivity index (χ2n) is 5.59. The first-order chi connectivity index (χ1) is 10.0. The van der Waals surface area contributed by atoms with Gasteiger partial charge in [-0.2, -0.15) is 0 Å². The van der Waals surface area contributed by atoms with Crippen LogP contribution in [0.1, 0.15) is 54.4 Å². The van der Waals surface area contributed by atoms with Crippen molar-refractivity contribution in [3.8, 4) is 0 Å². The number of hydrogen-bond donors (Lipinski definition) is 0. The number of rotatable bonds is 5. The van der Waals surface area contributed by atoms with Gasteiger partial charge < -0.3 is 9.64 Å². The molecule has 116 valence electrons. The fourth-order valence-electron chi connectivity index (χ4n) is 2.66. The molecular weight excluding hydrogens is 286 g/mol. The maximum absolute atomic E-state index is 12.8. The van der Waals surface area contributed by atoms with Gasteiger partial charge in [-0.15, -0.1) is 11.3 Å². The molecule has 0 aromatic carbocycles. The first-order valence-electron chi connectivity index (χ1n) is 7.60. The number of hydrogen-bond acceptors (Lipinski definition) is 4. The van der Waals surface area contributed by atoms with E-state index in [0.29, 0.717) is 6.61 Å². The summed E-state index contributed by atoms with van der Waals surface area (Å²) >= 11 is 1.67. The Balaban J connectivity index is 2.18. The molecule has 4 nitrogen and oxygen atoms in total. The van der Waals surface area contributed by atoms with Gasteiger partial charge in [0.05, 0.1) is 12.2 Å². The van der Waals surface area contributed by atoms with E-state index in [2.05, 4.69) is 0 Å². The number of carbonyl (C=O) groups excluding carboxylic acids is 2. The Bertz CT molecular complexity index is 522. The second-order valence-corrected chi connectivity index (χ2v) is 6.55. The molecule has 0 radical (unpaired) electrons. The third-order valence-corrected chi connectivity index (χ3v) is 4.87. The van der Waals surface area contributed by atoms with Gasteiger partial charge in [0.25, 0.3) is 5.91 Å². The highest BCUT2D eigenvalue weighted by atomic mass is 32.1. The van der Waals surface area contributed by atoms with Gasteiger partial charge >= 0.3 is 5.97 Å². The van der Waals surface area contributed by atoms with Crippen LogP contribution in [-0.2, 0) is 22.4 Å². The summed E-state index contributed by atoms with van der Waals surface area (Å²) in [7, 11) is 0. The van der Waals surface area contributed by atoms with Crippen molar-refractivity contribution in [1.82, 2.24) is 4.90 Å². The van der Waals surface area contributed by atoms with Gasteiger partial charge in [-0.3, -0.25) is 9.59 Å². The van der Waals surface area contributed by atoms with Crippen LogP contribution in [0.2, 0.25) is 0 Å². The number of aryl methyl sites for hydroxylation is 1. The first-order valence-corrected chi connectivity index (χ1v) is 8.48. The number of carbonyl (C=O) groups is 2. The number of nitrogens with zero attached hydrogens (tertiary/aromatic N) is 1. The Morgan fingerprint density at radius 2 is 2.05 bits per heavy atom. The minimum absolute atomic E-state index is 0.0228. The lowest BCUT2D eigenvalue weighted by atomic mass is 9.95. The standard InChI is InChI=1S/C16H23NO3S/c1-4-20-15(18)9-17(11(2)3)16(19)13-10-21-14-8-6-5-7-12(13)14/h10-11H,4-9H2,1-3H3. The van der Waals surface area contributed by atoms with Crippen molar-refractivity contribution in [2.75, 3.05) is 13.2 Å². The molecule has 1 aromatic rings. The van der Waals surface area contributed by atoms with E-state index in [4.69, 9.17) is 4.74 Å². The first kappa shape index (κ1) is 16.0. The van der Waals surface area contributed by atoms with Gasteiger partial charge in [0.2, 0.25) is 0 Å². The molecule has 21 heavy (non-hydrogen) atoms. The summed E-state index contributed by atoms with van der Waals surface area (Å²) < 4.78 is 4.97. The molecule has 0 bridgehead atoms. The van der Waals surface area contributed by atoms with Gasteiger partial charge in [0.15, 0.2) is 0 Å². The molecular formula is C16H23NO3S. The molecule has 5 heteroatoms. The highest BCUT2D eigenvalue weighted by Crippen LogP contribution is 2.31. The Hall–Kier alpha value is -1.36. The smallest absolute Gasteiger partial charge is 0.325 e. The number of fused-ring (bicyclic) bond motifs is 1. The fourth-order valence-corrected chi connectivity index (χ4v) is 3.78. The number of ether oxygens (including phenoxy) is 1. The molecule has 0 spiro atoms. The molecule has 0 unspecified atom stereocenters. The van der Waals surface area contributed by atoms with Crippen LogP contribution in [0, 0.1) is 0 Å². The minimum Gasteiger partial charge on any atom is -0.465 e. The second kappa shape index (κ2) is 7.07. The predicted octanol–water partition coefficient (Wildman–Crippen LogP) is 3.04. The summed E-state index contributed by atoms with van der Waals surface area (Å²) in [5, 5.41) is 1.96. The quantitative estimate of drug-likeness (QED) is 0.785. The largest absolute Gasteiger partial charge is 0.465 e. The van der Waals surface area contributed by atoms with E-state index in [1.165, 1.54) is 16.9 Å². The molecule has 0 fully saturated rings. The maximum Gasteiger partial charge on any atom is 0.325 e. The zero-order valence-electron chi connectivity index (χ0n) is 13.0. The summed E-state index contributed by atoms with van der Waals surface area (Å²) in [5.74, 6) is -0.388. The maximum atomic E-state index is 12.8. The van der Waals surface area contributed by atoms with Crippen molar-refractivity contribution in [3.63, 3.8) is 0 Å². The van der Waals surface area contributed by atoms with E-state index >= 15 is 0 Å². The van der Waals surface area contributed by atoms with E-state index in [0.717, 1.165) is 24.8 Å². The Morgan fingerprint density at radius 3 is 2.71 bits per heavy atom. The number of thiophene rings is 1. The van der Waals surface area contributed by atoms with Gasteiger partial charge in [0, 0.05) is 16.3 Å². The average molecular weight is 309 g/mol. The van der Waals surface area contributed by atoms with Gasteiger partial charge in [0.1, 0.15) is 6.54 Å². The highest BCUT2D eigenvalue weighted by molar-refractivity contribution is 7.10. The molecule has 1 aromatic heterocycles. The molecule has 0 aliphatic heterocycles. The Morgan fingerprint density at radius 1 is 1.33 bits per heavy atom. The van der Waals surface area contributed by atoms with Crippen LogP contribution in [0.5, 0.6) is 0 Å². The predicted molar refractivity (Wildman–Crippen MR) is 83.8 cm³/mol. The van der Waals surface area contributed by atoms with Crippen molar-refractivity contribution in [2.45, 2.75) is 52.5 Å². The lowest BCUT2D eigenvalue weighted by Gasteiger charge is -2.26. The van der Waals surface area contributed by atoms with Crippen molar-refractivity contribution < 1.29 is 14.3 Å². The van der Waals surface area contributed by atoms with Crippen molar-refractivity contribution >= 4 is 23.2 Å². The third-order valence-electron chi connectivity index (χ3n) is 3.78. The zero-order chi connectivity index (χ0) is 15.4. The lowest BCUT2D eigenvalue weighted by Crippen LogP contribution is -2.41. The summed E-state index contributed by atoms with van der Waals surface area (Å²) in [5.41, 5.74) is 1.98. The summed E-state index contributed by atoms with van der Waals surface area (Å²) in [6.07, 6.45) is 4.40. The van der Waals surface area contributed by atoms with Crippen LogP contribution >= 0.6 is 11.3 Å². The van der Waals surface area contributed by atoms with Gasteiger partial charge in [-0.05, 0) is 52.0 Å². The van der Waals surface area contributed by atoms with Crippen LogP contribution < -0.4 is 0 Å². The molecule has 0 saturated heterocycles. The molecule has 1 amide bonds. The molecule has 0 atom stereocenters. The van der Waals surface area contributed by atoms with Crippen LogP contribution in [0.3, 0.4) is 0 Å². The Labute approximate surface area is 130 Å². The molecule has 0 N–H and O–H groups in total. The molecule has 2 rings (SSSR count). The van der Waals surface area contributed by atoms with E-state index < -0.39 is 0 Å².